The van der Waals surface area contributed by atoms with Crippen molar-refractivity contribution in [3.05, 3.63) is 83.7 Å². The Bertz CT molecular complexity index is 996. The molecule has 3 rings (SSSR count). The minimum atomic E-state index is -0.794. The second-order valence-corrected chi connectivity index (χ2v) is 6.73. The van der Waals surface area contributed by atoms with E-state index in [-0.39, 0.29) is 17.6 Å². The fourth-order valence-electron chi connectivity index (χ4n) is 2.86. The van der Waals surface area contributed by atoms with Crippen molar-refractivity contribution in [2.75, 3.05) is 11.3 Å². The number of hydrogen-bond acceptors (Lipinski definition) is 5. The zero-order chi connectivity index (χ0) is 19.9. The fraction of sp³-hybridized carbons (Fsp3) is 0.0952. The Balaban J connectivity index is 1.95. The van der Waals surface area contributed by atoms with Gasteiger partial charge in [0.15, 0.2) is 0 Å². The molecule has 3 N–H and O–H groups in total. The van der Waals surface area contributed by atoms with E-state index in [9.17, 15) is 14.0 Å². The number of thioether (sulfide) groups is 1. The zero-order valence-electron chi connectivity index (χ0n) is 14.9. The van der Waals surface area contributed by atoms with Gasteiger partial charge in [0, 0.05) is 35.8 Å². The van der Waals surface area contributed by atoms with Crippen molar-refractivity contribution in [3.63, 3.8) is 0 Å². The molecule has 142 valence electrons. The Morgan fingerprint density at radius 1 is 1.07 bits per heavy atom. The number of pyridine rings is 1. The molecule has 28 heavy (non-hydrogen) atoms. The van der Waals surface area contributed by atoms with Gasteiger partial charge in [0.25, 0.3) is 5.91 Å². The van der Waals surface area contributed by atoms with Crippen molar-refractivity contribution < 1.29 is 14.0 Å². The molecule has 0 fully saturated rings. The zero-order valence-corrected chi connectivity index (χ0v) is 15.7. The number of anilines is 1. The normalized spacial score (nSPS) is 10.5. The molecule has 7 heteroatoms. The molecular weight excluding hydrogens is 377 g/mol. The summed E-state index contributed by atoms with van der Waals surface area (Å²) in [5, 5.41) is 2.44. The predicted molar refractivity (Wildman–Crippen MR) is 110 cm³/mol. The van der Waals surface area contributed by atoms with E-state index >= 15 is 0 Å². The second-order valence-electron chi connectivity index (χ2n) is 5.85. The van der Waals surface area contributed by atoms with E-state index < -0.39 is 6.01 Å². The molecule has 0 saturated heterocycles. The van der Waals surface area contributed by atoms with Crippen LogP contribution in [0.5, 0.6) is 0 Å². The first-order valence-electron chi connectivity index (χ1n) is 8.51. The van der Waals surface area contributed by atoms with Crippen LogP contribution >= 0.6 is 11.8 Å². The van der Waals surface area contributed by atoms with Crippen molar-refractivity contribution in [3.8, 4) is 11.1 Å². The summed E-state index contributed by atoms with van der Waals surface area (Å²) in [5.41, 5.74) is 9.49. The monoisotopic (exact) mass is 395 g/mol. The van der Waals surface area contributed by atoms with Crippen LogP contribution < -0.4 is 11.1 Å². The average molecular weight is 395 g/mol. The summed E-state index contributed by atoms with van der Waals surface area (Å²) in [5.74, 6) is -0.262. The summed E-state index contributed by atoms with van der Waals surface area (Å²) in [6.45, 7) is 0.123. The maximum atomic E-state index is 12.6. The lowest BCUT2D eigenvalue weighted by atomic mass is 9.94. The van der Waals surface area contributed by atoms with E-state index in [2.05, 4.69) is 10.3 Å². The number of aromatic nitrogens is 1. The van der Waals surface area contributed by atoms with Gasteiger partial charge in [0.05, 0.1) is 0 Å². The molecule has 0 unspecified atom stereocenters. The summed E-state index contributed by atoms with van der Waals surface area (Å²) >= 11 is 0.597. The maximum Gasteiger partial charge on any atom is 0.255 e. The van der Waals surface area contributed by atoms with Gasteiger partial charge in [-0.25, -0.2) is 4.39 Å². The van der Waals surface area contributed by atoms with Gasteiger partial charge in [-0.1, -0.05) is 30.3 Å². The molecule has 1 amide bonds. The highest BCUT2D eigenvalue weighted by Gasteiger charge is 2.16. The topological polar surface area (TPSA) is 85.1 Å². The standard InChI is InChI=1S/C21H18FN3O2S/c22-13-28-21(27)18-6-2-5-17(19(18)12-23)14-3-1-4-15(11-14)20(26)25-16-7-9-24-10-8-16/h1-11H,12-13,23H2,(H,24,25,26). The number of halogens is 1. The van der Waals surface area contributed by atoms with Crippen LogP contribution in [0.15, 0.2) is 67.0 Å². The molecular formula is C21H18FN3O2S. The van der Waals surface area contributed by atoms with Gasteiger partial charge in [0.1, 0.15) is 6.01 Å². The first-order chi connectivity index (χ1) is 13.6. The highest BCUT2D eigenvalue weighted by molar-refractivity contribution is 8.14. The Labute approximate surface area is 166 Å². The van der Waals surface area contributed by atoms with Crippen LogP contribution in [0.3, 0.4) is 0 Å². The number of nitrogens with one attached hydrogen (secondary N) is 1. The molecule has 0 radical (unpaired) electrons. The summed E-state index contributed by atoms with van der Waals surface area (Å²) in [7, 11) is 0. The Hall–Kier alpha value is -3.03. The van der Waals surface area contributed by atoms with Crippen LogP contribution in [-0.2, 0) is 6.54 Å². The van der Waals surface area contributed by atoms with Crippen LogP contribution in [0, 0.1) is 0 Å². The molecule has 1 heterocycles. The molecule has 0 saturated carbocycles. The van der Waals surface area contributed by atoms with E-state index in [1.807, 2.05) is 12.1 Å². The third-order valence-corrected chi connectivity index (χ3v) is 4.75. The lowest BCUT2D eigenvalue weighted by Crippen LogP contribution is -2.12. The maximum absolute atomic E-state index is 12.6. The van der Waals surface area contributed by atoms with Gasteiger partial charge in [-0.15, -0.1) is 0 Å². The first kappa shape index (κ1) is 19.7. The van der Waals surface area contributed by atoms with Crippen LogP contribution in [0.2, 0.25) is 0 Å². The number of benzene rings is 2. The molecule has 5 nitrogen and oxygen atoms in total. The number of carbonyl (C=O) groups excluding carboxylic acids is 2. The molecule has 2 aromatic carbocycles. The second kappa shape index (κ2) is 9.25. The lowest BCUT2D eigenvalue weighted by Gasteiger charge is -2.13. The summed E-state index contributed by atoms with van der Waals surface area (Å²) in [6.07, 6.45) is 3.19. The van der Waals surface area contributed by atoms with Crippen LogP contribution in [0.25, 0.3) is 11.1 Å². The third-order valence-electron chi connectivity index (χ3n) is 4.16. The number of nitrogens with zero attached hydrogens (tertiary/aromatic N) is 1. The molecule has 3 aromatic rings. The smallest absolute Gasteiger partial charge is 0.255 e. The Kier molecular flexibility index (Phi) is 6.52. The molecule has 0 aliphatic heterocycles. The summed E-state index contributed by atoms with van der Waals surface area (Å²) in [4.78, 5) is 28.7. The Morgan fingerprint density at radius 2 is 1.82 bits per heavy atom. The van der Waals surface area contributed by atoms with E-state index in [1.165, 1.54) is 0 Å². The van der Waals surface area contributed by atoms with Crippen molar-refractivity contribution in [1.82, 2.24) is 4.98 Å². The van der Waals surface area contributed by atoms with Gasteiger partial charge in [0.2, 0.25) is 5.12 Å². The van der Waals surface area contributed by atoms with E-state index in [4.69, 9.17) is 5.73 Å². The van der Waals surface area contributed by atoms with Gasteiger partial charge in [-0.05, 0) is 52.7 Å². The number of rotatable bonds is 6. The van der Waals surface area contributed by atoms with Crippen LogP contribution in [0.4, 0.5) is 10.1 Å². The van der Waals surface area contributed by atoms with Crippen LogP contribution in [0.1, 0.15) is 26.3 Å². The number of alkyl halides is 1. The van der Waals surface area contributed by atoms with Crippen molar-refractivity contribution in [1.29, 1.82) is 0 Å². The van der Waals surface area contributed by atoms with E-state index in [0.717, 1.165) is 11.1 Å². The minimum Gasteiger partial charge on any atom is -0.326 e. The molecule has 0 aliphatic carbocycles. The lowest BCUT2D eigenvalue weighted by molar-refractivity contribution is 0.102. The van der Waals surface area contributed by atoms with Gasteiger partial charge < -0.3 is 11.1 Å². The van der Waals surface area contributed by atoms with E-state index in [0.29, 0.717) is 34.1 Å². The van der Waals surface area contributed by atoms with E-state index in [1.54, 1.807) is 54.9 Å². The van der Waals surface area contributed by atoms with Gasteiger partial charge >= 0.3 is 0 Å². The fourth-order valence-corrected chi connectivity index (χ4v) is 3.31. The molecule has 0 spiro atoms. The van der Waals surface area contributed by atoms with Gasteiger partial charge in [-0.3, -0.25) is 14.6 Å². The molecule has 1 aromatic heterocycles. The number of nitrogens with two attached hydrogens (primary N) is 1. The SMILES string of the molecule is NCc1c(C(=O)SCF)cccc1-c1cccc(C(=O)Nc2ccncc2)c1. The molecule has 0 bridgehead atoms. The van der Waals surface area contributed by atoms with Gasteiger partial charge in [-0.2, -0.15) is 0 Å². The number of carbonyl (C=O) groups is 2. The third kappa shape index (κ3) is 4.44. The highest BCUT2D eigenvalue weighted by atomic mass is 32.2. The van der Waals surface area contributed by atoms with Crippen molar-refractivity contribution >= 4 is 28.5 Å². The van der Waals surface area contributed by atoms with Crippen molar-refractivity contribution in [2.45, 2.75) is 6.54 Å². The Morgan fingerprint density at radius 3 is 2.54 bits per heavy atom. The first-order valence-corrected chi connectivity index (χ1v) is 9.49. The summed E-state index contributed by atoms with van der Waals surface area (Å²) < 4.78 is 12.6. The van der Waals surface area contributed by atoms with Crippen LogP contribution in [-0.4, -0.2) is 22.0 Å². The average Bonchev–Trinajstić information content (AvgIpc) is 2.74. The number of hydrogen-bond donors (Lipinski definition) is 2. The minimum absolute atomic E-state index is 0.123. The van der Waals surface area contributed by atoms with Crippen molar-refractivity contribution in [2.24, 2.45) is 5.73 Å². The highest BCUT2D eigenvalue weighted by Crippen LogP contribution is 2.29. The predicted octanol–water partition coefficient (Wildman–Crippen LogP) is 4.26. The quantitative estimate of drug-likeness (QED) is 0.651. The summed E-state index contributed by atoms with van der Waals surface area (Å²) in [6, 6.07) is 14.9. The molecule has 0 aliphatic rings. The largest absolute Gasteiger partial charge is 0.326 e. The number of amides is 1. The molecule has 0 atom stereocenters.